The van der Waals surface area contributed by atoms with E-state index < -0.39 is 0 Å². The Morgan fingerprint density at radius 1 is 1.03 bits per heavy atom. The zero-order valence-electron chi connectivity index (χ0n) is 22.8. The van der Waals surface area contributed by atoms with Crippen molar-refractivity contribution in [1.29, 1.82) is 0 Å². The van der Waals surface area contributed by atoms with Crippen LogP contribution in [0.3, 0.4) is 0 Å². The van der Waals surface area contributed by atoms with Gasteiger partial charge in [-0.15, -0.1) is 0 Å². The summed E-state index contributed by atoms with van der Waals surface area (Å²) in [6.07, 6.45) is 2.19. The maximum atomic E-state index is 13.7. The number of nitrogens with one attached hydrogen (secondary N) is 1. The third-order valence-electron chi connectivity index (χ3n) is 6.57. The average molecular weight is 513 g/mol. The summed E-state index contributed by atoms with van der Waals surface area (Å²) in [5, 5.41) is 7.86. The number of hydrogen-bond acceptors (Lipinski definition) is 4. The summed E-state index contributed by atoms with van der Waals surface area (Å²) in [5.74, 6) is 0.406. The van der Waals surface area contributed by atoms with Crippen LogP contribution >= 0.6 is 0 Å². The largest absolute Gasteiger partial charge is 0.467 e. The lowest BCUT2D eigenvalue weighted by Crippen LogP contribution is -2.40. The van der Waals surface area contributed by atoms with E-state index in [4.69, 9.17) is 9.52 Å². The van der Waals surface area contributed by atoms with Crippen molar-refractivity contribution in [3.05, 3.63) is 102 Å². The molecule has 0 aliphatic heterocycles. The molecular formula is C31H36N4O3. The zero-order valence-corrected chi connectivity index (χ0v) is 22.8. The number of hydrogen-bond donors (Lipinski definition) is 1. The molecule has 2 heterocycles. The summed E-state index contributed by atoms with van der Waals surface area (Å²) >= 11 is 0. The molecule has 0 aliphatic carbocycles. The monoisotopic (exact) mass is 512 g/mol. The molecule has 0 saturated heterocycles. The Hall–Kier alpha value is -4.13. The van der Waals surface area contributed by atoms with E-state index in [0.29, 0.717) is 18.0 Å². The molecule has 0 saturated carbocycles. The Bertz CT molecular complexity index is 1370. The second kappa shape index (κ2) is 11.5. The number of aromatic nitrogens is 2. The third-order valence-corrected chi connectivity index (χ3v) is 6.57. The van der Waals surface area contributed by atoms with Crippen molar-refractivity contribution in [2.75, 3.05) is 11.9 Å². The van der Waals surface area contributed by atoms with Crippen molar-refractivity contribution >= 4 is 17.6 Å². The molecule has 7 nitrogen and oxygen atoms in total. The number of benzene rings is 2. The van der Waals surface area contributed by atoms with Crippen LogP contribution in [0, 0.1) is 6.92 Å². The highest BCUT2D eigenvalue weighted by Gasteiger charge is 2.28. The van der Waals surface area contributed by atoms with Crippen molar-refractivity contribution in [2.45, 2.75) is 58.9 Å². The minimum atomic E-state index is -0.357. The average Bonchev–Trinajstić information content (AvgIpc) is 3.55. The molecule has 0 aliphatic rings. The lowest BCUT2D eigenvalue weighted by molar-refractivity contribution is -0.137. The van der Waals surface area contributed by atoms with E-state index in [1.165, 1.54) is 0 Å². The molecule has 2 aromatic carbocycles. The summed E-state index contributed by atoms with van der Waals surface area (Å²) in [5.41, 5.74) is 3.50. The molecule has 0 radical (unpaired) electrons. The first kappa shape index (κ1) is 26.9. The quantitative estimate of drug-likeness (QED) is 0.288. The van der Waals surface area contributed by atoms with Crippen LogP contribution in [0.1, 0.15) is 62.6 Å². The second-order valence-corrected chi connectivity index (χ2v) is 10.6. The highest BCUT2D eigenvalue weighted by Crippen LogP contribution is 2.28. The second-order valence-electron chi connectivity index (χ2n) is 10.6. The Morgan fingerprint density at radius 3 is 2.37 bits per heavy atom. The summed E-state index contributed by atoms with van der Waals surface area (Å²) in [6, 6.07) is 23.1. The van der Waals surface area contributed by atoms with Gasteiger partial charge in [-0.2, -0.15) is 5.10 Å². The van der Waals surface area contributed by atoms with Gasteiger partial charge in [0, 0.05) is 11.5 Å². The highest BCUT2D eigenvalue weighted by atomic mass is 16.3. The van der Waals surface area contributed by atoms with Crippen LogP contribution in [-0.2, 0) is 21.5 Å². The smallest absolute Gasteiger partial charge is 0.245 e. The predicted octanol–water partition coefficient (Wildman–Crippen LogP) is 6.23. The van der Waals surface area contributed by atoms with Crippen molar-refractivity contribution in [2.24, 2.45) is 0 Å². The standard InChI is InChI=1S/C31H36N4O3/c1-6-25(23-14-8-7-9-15-23)30(37)34(20-24-16-12-18-38-24)21-29(36)32-28-19-27(31(3,4)5)33-35(28)26-17-11-10-13-22(26)2/h7-19,25H,6,20-21H2,1-5H3,(H,32,36). The number of rotatable bonds is 9. The van der Waals surface area contributed by atoms with Crippen LogP contribution in [0.2, 0.25) is 0 Å². The maximum Gasteiger partial charge on any atom is 0.245 e. The van der Waals surface area contributed by atoms with Gasteiger partial charge < -0.3 is 14.6 Å². The number of para-hydroxylation sites is 1. The number of furan rings is 1. The SMILES string of the molecule is CCC(C(=O)N(CC(=O)Nc1cc(C(C)(C)C)nn1-c1ccccc1C)Cc1ccco1)c1ccccc1. The fraction of sp³-hybridized carbons (Fsp3) is 0.323. The van der Waals surface area contributed by atoms with Gasteiger partial charge in [-0.3, -0.25) is 9.59 Å². The first-order chi connectivity index (χ1) is 18.2. The first-order valence-electron chi connectivity index (χ1n) is 13.0. The molecule has 4 aromatic rings. The van der Waals surface area contributed by atoms with E-state index in [1.54, 1.807) is 21.9 Å². The number of nitrogens with zero attached hydrogens (tertiary/aromatic N) is 3. The van der Waals surface area contributed by atoms with Crippen LogP contribution in [0.15, 0.2) is 83.5 Å². The van der Waals surface area contributed by atoms with Crippen LogP contribution in [0.5, 0.6) is 0 Å². The fourth-order valence-electron chi connectivity index (χ4n) is 4.44. The molecule has 2 aromatic heterocycles. The van der Waals surface area contributed by atoms with Crippen molar-refractivity contribution < 1.29 is 14.0 Å². The number of carbonyl (C=O) groups excluding carboxylic acids is 2. The van der Waals surface area contributed by atoms with Crippen molar-refractivity contribution in [3.63, 3.8) is 0 Å². The van der Waals surface area contributed by atoms with Crippen molar-refractivity contribution in [1.82, 2.24) is 14.7 Å². The van der Waals surface area contributed by atoms with Gasteiger partial charge in [0.1, 0.15) is 18.1 Å². The van der Waals surface area contributed by atoms with E-state index in [-0.39, 0.29) is 36.2 Å². The van der Waals surface area contributed by atoms with Gasteiger partial charge in [0.05, 0.1) is 30.1 Å². The molecule has 198 valence electrons. The molecule has 2 amide bonds. The van der Waals surface area contributed by atoms with Crippen LogP contribution in [0.25, 0.3) is 5.69 Å². The number of amides is 2. The number of aryl methyl sites for hydroxylation is 1. The van der Waals surface area contributed by atoms with E-state index in [9.17, 15) is 9.59 Å². The number of carbonyl (C=O) groups is 2. The molecule has 0 bridgehead atoms. The lowest BCUT2D eigenvalue weighted by Gasteiger charge is -2.26. The normalized spacial score (nSPS) is 12.2. The molecule has 0 fully saturated rings. The zero-order chi connectivity index (χ0) is 27.3. The predicted molar refractivity (Wildman–Crippen MR) is 149 cm³/mol. The Kier molecular flexibility index (Phi) is 8.15. The molecule has 0 spiro atoms. The van der Waals surface area contributed by atoms with Gasteiger partial charge in [-0.05, 0) is 42.7 Å². The molecule has 38 heavy (non-hydrogen) atoms. The van der Waals surface area contributed by atoms with Gasteiger partial charge in [0.2, 0.25) is 11.8 Å². The molecular weight excluding hydrogens is 476 g/mol. The summed E-state index contributed by atoms with van der Waals surface area (Å²) in [6.45, 7) is 10.3. The minimum Gasteiger partial charge on any atom is -0.467 e. The van der Waals surface area contributed by atoms with Gasteiger partial charge in [0.25, 0.3) is 0 Å². The summed E-state index contributed by atoms with van der Waals surface area (Å²) in [7, 11) is 0. The Balaban J connectivity index is 1.62. The van der Waals surface area contributed by atoms with E-state index >= 15 is 0 Å². The summed E-state index contributed by atoms with van der Waals surface area (Å²) in [4.78, 5) is 28.8. The fourth-order valence-corrected chi connectivity index (χ4v) is 4.44. The van der Waals surface area contributed by atoms with Gasteiger partial charge in [0.15, 0.2) is 0 Å². The maximum absolute atomic E-state index is 13.7. The highest BCUT2D eigenvalue weighted by molar-refractivity contribution is 5.95. The van der Waals surface area contributed by atoms with Crippen LogP contribution in [-0.4, -0.2) is 33.0 Å². The van der Waals surface area contributed by atoms with Gasteiger partial charge in [-0.25, -0.2) is 4.68 Å². The number of anilines is 1. The Morgan fingerprint density at radius 2 is 1.74 bits per heavy atom. The minimum absolute atomic E-state index is 0.118. The van der Waals surface area contributed by atoms with Gasteiger partial charge in [-0.1, -0.05) is 76.2 Å². The Labute approximate surface area is 224 Å². The molecule has 1 N–H and O–H groups in total. The molecule has 1 unspecified atom stereocenters. The van der Waals surface area contributed by atoms with Crippen LogP contribution in [0.4, 0.5) is 5.82 Å². The molecule has 1 atom stereocenters. The van der Waals surface area contributed by atoms with E-state index in [2.05, 4.69) is 26.1 Å². The topological polar surface area (TPSA) is 80.4 Å². The van der Waals surface area contributed by atoms with E-state index in [0.717, 1.165) is 22.5 Å². The van der Waals surface area contributed by atoms with Crippen LogP contribution < -0.4 is 5.32 Å². The van der Waals surface area contributed by atoms with Crippen molar-refractivity contribution in [3.8, 4) is 5.69 Å². The van der Waals surface area contributed by atoms with Gasteiger partial charge >= 0.3 is 0 Å². The first-order valence-corrected chi connectivity index (χ1v) is 13.0. The van der Waals surface area contributed by atoms with E-state index in [1.807, 2.05) is 80.6 Å². The lowest BCUT2D eigenvalue weighted by atomic mass is 9.92. The third kappa shape index (κ3) is 6.22. The molecule has 7 heteroatoms. The molecule has 4 rings (SSSR count). The summed E-state index contributed by atoms with van der Waals surface area (Å²) < 4.78 is 7.29.